The van der Waals surface area contributed by atoms with E-state index in [9.17, 15) is 8.78 Å². The topological polar surface area (TPSA) is 18.5 Å². The molecule has 0 radical (unpaired) electrons. The van der Waals surface area contributed by atoms with Crippen LogP contribution in [0.2, 0.25) is 0 Å². The van der Waals surface area contributed by atoms with Gasteiger partial charge in [-0.15, -0.1) is 8.78 Å². The van der Waals surface area contributed by atoms with Gasteiger partial charge in [0.05, 0.1) is 0 Å². The molecule has 0 fully saturated rings. The Morgan fingerprint density at radius 3 is 1.35 bits per heavy atom. The van der Waals surface area contributed by atoms with Gasteiger partial charge in [-0.2, -0.15) is 0 Å². The van der Waals surface area contributed by atoms with E-state index < -0.39 is 6.29 Å². The van der Waals surface area contributed by atoms with Gasteiger partial charge in [0.1, 0.15) is 0 Å². The van der Waals surface area contributed by atoms with Crippen molar-refractivity contribution < 1.29 is 18.3 Å². The molecule has 0 amide bonds. The van der Waals surface area contributed by atoms with Crippen LogP contribution in [0.5, 0.6) is 11.5 Å². The van der Waals surface area contributed by atoms with Crippen LogP contribution < -0.4 is 9.47 Å². The highest BCUT2D eigenvalue weighted by molar-refractivity contribution is 5.41. The molecule has 0 spiro atoms. The van der Waals surface area contributed by atoms with Crippen LogP contribution in [0.15, 0.2) is 60.7 Å². The number of benzene rings is 2. The third-order valence-corrected chi connectivity index (χ3v) is 1.97. The van der Waals surface area contributed by atoms with E-state index in [2.05, 4.69) is 9.47 Å². The first-order chi connectivity index (χ1) is 8.17. The standard InChI is InChI=1S/C7H4F2O2.C6H6/c8-7(9)10-5-3-1-2-4-6(5)11-7;1-2-4-6-5-3-1/h1-4H;1-6H. The van der Waals surface area contributed by atoms with Crippen molar-refractivity contribution in [3.05, 3.63) is 60.7 Å². The van der Waals surface area contributed by atoms with E-state index in [1.165, 1.54) is 12.1 Å². The molecular weight excluding hydrogens is 226 g/mol. The predicted octanol–water partition coefficient (Wildman–Crippen LogP) is 3.69. The van der Waals surface area contributed by atoms with Gasteiger partial charge in [0.15, 0.2) is 11.5 Å². The average Bonchev–Trinajstić information content (AvgIpc) is 2.66. The number of hydrogen-bond acceptors (Lipinski definition) is 2. The Kier molecular flexibility index (Phi) is 3.23. The summed E-state index contributed by atoms with van der Waals surface area (Å²) in [6, 6.07) is 18.1. The molecule has 0 N–H and O–H groups in total. The van der Waals surface area contributed by atoms with E-state index in [0.29, 0.717) is 0 Å². The predicted molar refractivity (Wildman–Crippen MR) is 59.1 cm³/mol. The van der Waals surface area contributed by atoms with Gasteiger partial charge >= 0.3 is 6.29 Å². The number of fused-ring (bicyclic) bond motifs is 1. The summed E-state index contributed by atoms with van der Waals surface area (Å²) in [4.78, 5) is 0. The van der Waals surface area contributed by atoms with Gasteiger partial charge in [-0.3, -0.25) is 0 Å². The van der Waals surface area contributed by atoms with Gasteiger partial charge in [0.2, 0.25) is 0 Å². The molecule has 0 saturated heterocycles. The maximum atomic E-state index is 12.3. The molecule has 2 aromatic rings. The highest BCUT2D eigenvalue weighted by Crippen LogP contribution is 2.39. The Labute approximate surface area is 97.4 Å². The van der Waals surface area contributed by atoms with E-state index >= 15 is 0 Å². The Morgan fingerprint density at radius 1 is 0.647 bits per heavy atom. The van der Waals surface area contributed by atoms with E-state index in [1.54, 1.807) is 12.1 Å². The van der Waals surface area contributed by atoms with E-state index in [0.717, 1.165) is 0 Å². The van der Waals surface area contributed by atoms with Crippen molar-refractivity contribution in [2.24, 2.45) is 0 Å². The van der Waals surface area contributed by atoms with Crippen molar-refractivity contribution in [1.82, 2.24) is 0 Å². The van der Waals surface area contributed by atoms with Gasteiger partial charge in [-0.25, -0.2) is 0 Å². The zero-order valence-corrected chi connectivity index (χ0v) is 8.85. The Morgan fingerprint density at radius 2 is 1.00 bits per heavy atom. The second kappa shape index (κ2) is 4.82. The van der Waals surface area contributed by atoms with E-state index in [1.807, 2.05) is 36.4 Å². The van der Waals surface area contributed by atoms with Gasteiger partial charge in [0.25, 0.3) is 0 Å². The van der Waals surface area contributed by atoms with Crippen molar-refractivity contribution in [3.8, 4) is 11.5 Å². The summed E-state index contributed by atoms with van der Waals surface area (Å²) in [6.07, 6.45) is -3.50. The van der Waals surface area contributed by atoms with Gasteiger partial charge < -0.3 is 9.47 Å². The highest BCUT2D eigenvalue weighted by atomic mass is 19.3. The lowest BCUT2D eigenvalue weighted by molar-refractivity contribution is -0.286. The van der Waals surface area contributed by atoms with Crippen LogP contribution in [-0.2, 0) is 0 Å². The zero-order chi connectivity index (χ0) is 12.1. The minimum atomic E-state index is -3.50. The smallest absolute Gasteiger partial charge is 0.395 e. The number of hydrogen-bond donors (Lipinski definition) is 0. The molecule has 17 heavy (non-hydrogen) atoms. The summed E-state index contributed by atoms with van der Waals surface area (Å²) < 4.78 is 32.9. The molecule has 88 valence electrons. The highest BCUT2D eigenvalue weighted by Gasteiger charge is 2.42. The van der Waals surface area contributed by atoms with Crippen molar-refractivity contribution in [3.63, 3.8) is 0 Å². The fraction of sp³-hybridized carbons (Fsp3) is 0.0769. The second-order valence-corrected chi connectivity index (χ2v) is 3.27. The Hall–Kier alpha value is -2.10. The number of para-hydroxylation sites is 2. The van der Waals surface area contributed by atoms with E-state index in [-0.39, 0.29) is 11.5 Å². The lowest BCUT2D eigenvalue weighted by Gasteiger charge is -2.04. The monoisotopic (exact) mass is 236 g/mol. The molecule has 0 atom stereocenters. The van der Waals surface area contributed by atoms with Crippen molar-refractivity contribution >= 4 is 0 Å². The van der Waals surface area contributed by atoms with Crippen molar-refractivity contribution in [2.45, 2.75) is 6.29 Å². The molecule has 0 bridgehead atoms. The third kappa shape index (κ3) is 3.17. The normalized spacial score (nSPS) is 14.7. The zero-order valence-electron chi connectivity index (χ0n) is 8.85. The first-order valence-electron chi connectivity index (χ1n) is 5.02. The Bertz CT molecular complexity index is 418. The molecule has 3 rings (SSSR count). The summed E-state index contributed by atoms with van der Waals surface area (Å²) in [5.74, 6) is 0.162. The summed E-state index contributed by atoms with van der Waals surface area (Å²) in [7, 11) is 0. The van der Waals surface area contributed by atoms with Crippen LogP contribution in [0, 0.1) is 0 Å². The maximum absolute atomic E-state index is 12.3. The second-order valence-electron chi connectivity index (χ2n) is 3.27. The van der Waals surface area contributed by atoms with Crippen LogP contribution >= 0.6 is 0 Å². The lowest BCUT2D eigenvalue weighted by atomic mass is 10.3. The third-order valence-electron chi connectivity index (χ3n) is 1.97. The van der Waals surface area contributed by atoms with Gasteiger partial charge in [-0.1, -0.05) is 48.5 Å². The Balaban J connectivity index is 0.000000153. The van der Waals surface area contributed by atoms with Crippen molar-refractivity contribution in [2.75, 3.05) is 0 Å². The summed E-state index contributed by atoms with van der Waals surface area (Å²) in [6.45, 7) is 0. The summed E-state index contributed by atoms with van der Waals surface area (Å²) in [5.41, 5.74) is 0. The maximum Gasteiger partial charge on any atom is 0.586 e. The molecule has 1 aliphatic rings. The molecule has 0 unspecified atom stereocenters. The van der Waals surface area contributed by atoms with Crippen LogP contribution in [0.4, 0.5) is 8.78 Å². The van der Waals surface area contributed by atoms with E-state index in [4.69, 9.17) is 0 Å². The first kappa shape index (κ1) is 11.4. The van der Waals surface area contributed by atoms with Crippen molar-refractivity contribution in [1.29, 1.82) is 0 Å². The van der Waals surface area contributed by atoms with Crippen LogP contribution in [-0.4, -0.2) is 6.29 Å². The number of halogens is 2. The molecule has 2 aromatic carbocycles. The fourth-order valence-electron chi connectivity index (χ4n) is 1.28. The minimum absolute atomic E-state index is 0.0810. The molecule has 0 saturated carbocycles. The minimum Gasteiger partial charge on any atom is -0.395 e. The molecule has 1 aliphatic heterocycles. The lowest BCUT2D eigenvalue weighted by Crippen LogP contribution is -2.25. The molecule has 1 heterocycles. The number of rotatable bonds is 0. The SMILES string of the molecule is FC1(F)Oc2ccccc2O1.c1ccccc1. The summed E-state index contributed by atoms with van der Waals surface area (Å²) in [5, 5.41) is 0. The van der Waals surface area contributed by atoms with Gasteiger partial charge in [-0.05, 0) is 12.1 Å². The molecule has 0 aliphatic carbocycles. The molecule has 0 aromatic heterocycles. The fourth-order valence-corrected chi connectivity index (χ4v) is 1.28. The van der Waals surface area contributed by atoms with Gasteiger partial charge in [0, 0.05) is 0 Å². The quantitative estimate of drug-likeness (QED) is 0.694. The average molecular weight is 236 g/mol. The van der Waals surface area contributed by atoms with Crippen LogP contribution in [0.25, 0.3) is 0 Å². The summed E-state index contributed by atoms with van der Waals surface area (Å²) >= 11 is 0. The number of ether oxygens (including phenoxy) is 2. The molecule has 2 nitrogen and oxygen atoms in total. The van der Waals surface area contributed by atoms with Crippen LogP contribution in [0.3, 0.4) is 0 Å². The molecule has 4 heteroatoms. The largest absolute Gasteiger partial charge is 0.586 e. The first-order valence-corrected chi connectivity index (χ1v) is 5.02. The molecular formula is C13H10F2O2. The van der Waals surface area contributed by atoms with Crippen LogP contribution in [0.1, 0.15) is 0 Å². The number of alkyl halides is 2.